The van der Waals surface area contributed by atoms with Crippen LogP contribution in [0.5, 0.6) is 0 Å². The minimum atomic E-state index is -0.408. The van der Waals surface area contributed by atoms with Crippen molar-refractivity contribution in [3.8, 4) is 0 Å². The summed E-state index contributed by atoms with van der Waals surface area (Å²) in [5, 5.41) is 3.68. The fourth-order valence-corrected chi connectivity index (χ4v) is 2.70. The summed E-state index contributed by atoms with van der Waals surface area (Å²) >= 11 is 0. The van der Waals surface area contributed by atoms with E-state index < -0.39 is 5.60 Å². The quantitative estimate of drug-likeness (QED) is 0.839. The van der Waals surface area contributed by atoms with Gasteiger partial charge in [0.15, 0.2) is 0 Å². The second-order valence-electron chi connectivity index (χ2n) is 7.67. The highest BCUT2D eigenvalue weighted by Gasteiger charge is 2.33. The highest BCUT2D eigenvalue weighted by molar-refractivity contribution is 5.68. The molecular weight excluding hydrogens is 264 g/mol. The molecule has 1 saturated heterocycles. The lowest BCUT2D eigenvalue weighted by Crippen LogP contribution is -2.48. The fraction of sp³-hybridized carbons (Fsp3) is 0.941. The van der Waals surface area contributed by atoms with Crippen LogP contribution in [0.15, 0.2) is 0 Å². The number of likely N-dealkylation sites (tertiary alicyclic amines) is 1. The summed E-state index contributed by atoms with van der Waals surface area (Å²) in [5.41, 5.74) is -0.115. The van der Waals surface area contributed by atoms with E-state index in [0.717, 1.165) is 32.5 Å². The minimum absolute atomic E-state index is 0.169. The molecule has 0 atom stereocenters. The lowest BCUT2D eigenvalue weighted by Gasteiger charge is -2.40. The van der Waals surface area contributed by atoms with Gasteiger partial charge in [-0.2, -0.15) is 0 Å². The van der Waals surface area contributed by atoms with Gasteiger partial charge in [-0.1, -0.05) is 20.8 Å². The molecule has 4 nitrogen and oxygen atoms in total. The van der Waals surface area contributed by atoms with Crippen molar-refractivity contribution in [3.05, 3.63) is 0 Å². The van der Waals surface area contributed by atoms with Gasteiger partial charge in [0.05, 0.1) is 0 Å². The van der Waals surface area contributed by atoms with Gasteiger partial charge in [-0.25, -0.2) is 4.79 Å². The monoisotopic (exact) mass is 298 g/mol. The van der Waals surface area contributed by atoms with Crippen LogP contribution in [0.2, 0.25) is 0 Å². The summed E-state index contributed by atoms with van der Waals surface area (Å²) in [6.07, 6.45) is 4.27. The Morgan fingerprint density at radius 2 is 1.76 bits per heavy atom. The first-order chi connectivity index (χ1) is 9.69. The van der Waals surface area contributed by atoms with Crippen LogP contribution in [0.4, 0.5) is 4.79 Å². The van der Waals surface area contributed by atoms with Gasteiger partial charge in [0.2, 0.25) is 0 Å². The SMILES string of the molecule is CCC(CC)NCC1(C)CCN(C(=O)OC(C)(C)C)CC1. The van der Waals surface area contributed by atoms with Crippen molar-refractivity contribution in [1.82, 2.24) is 10.2 Å². The van der Waals surface area contributed by atoms with Crippen molar-refractivity contribution in [1.29, 1.82) is 0 Å². The Morgan fingerprint density at radius 3 is 2.19 bits per heavy atom. The van der Waals surface area contributed by atoms with E-state index in [0.29, 0.717) is 11.5 Å². The van der Waals surface area contributed by atoms with E-state index in [1.165, 1.54) is 12.8 Å². The van der Waals surface area contributed by atoms with E-state index in [-0.39, 0.29) is 6.09 Å². The number of carbonyl (C=O) groups is 1. The number of rotatable bonds is 5. The summed E-state index contributed by atoms with van der Waals surface area (Å²) in [6, 6.07) is 0.616. The average Bonchev–Trinajstić information content (AvgIpc) is 2.38. The molecule has 1 fully saturated rings. The molecule has 0 aromatic carbocycles. The van der Waals surface area contributed by atoms with Gasteiger partial charge in [-0.15, -0.1) is 0 Å². The second-order valence-corrected chi connectivity index (χ2v) is 7.67. The topological polar surface area (TPSA) is 41.6 Å². The van der Waals surface area contributed by atoms with Crippen LogP contribution in [0.3, 0.4) is 0 Å². The number of amides is 1. The highest BCUT2D eigenvalue weighted by Crippen LogP contribution is 2.31. The predicted octanol–water partition coefficient (Wildman–Crippen LogP) is 3.80. The standard InChI is InChI=1S/C17H34N2O2/c1-7-14(8-2)18-13-17(6)9-11-19(12-10-17)15(20)21-16(3,4)5/h14,18H,7-13H2,1-6H3. The Hall–Kier alpha value is -0.770. The van der Waals surface area contributed by atoms with E-state index in [9.17, 15) is 4.79 Å². The van der Waals surface area contributed by atoms with Crippen molar-refractivity contribution >= 4 is 6.09 Å². The van der Waals surface area contributed by atoms with Crippen LogP contribution in [-0.2, 0) is 4.74 Å². The number of hydrogen-bond donors (Lipinski definition) is 1. The molecular formula is C17H34N2O2. The molecule has 0 aromatic rings. The van der Waals surface area contributed by atoms with Gasteiger partial charge in [-0.3, -0.25) is 0 Å². The van der Waals surface area contributed by atoms with Crippen LogP contribution in [0.1, 0.15) is 67.2 Å². The molecule has 4 heteroatoms. The number of carbonyl (C=O) groups excluding carboxylic acids is 1. The summed E-state index contributed by atoms with van der Waals surface area (Å²) in [6.45, 7) is 15.2. The maximum absolute atomic E-state index is 12.1. The number of nitrogens with zero attached hydrogens (tertiary/aromatic N) is 1. The van der Waals surface area contributed by atoms with Gasteiger partial charge in [0, 0.05) is 25.7 Å². The molecule has 0 aliphatic carbocycles. The molecule has 1 heterocycles. The lowest BCUT2D eigenvalue weighted by atomic mass is 9.80. The van der Waals surface area contributed by atoms with Gasteiger partial charge in [0.1, 0.15) is 5.60 Å². The number of ether oxygens (including phenoxy) is 1. The van der Waals surface area contributed by atoms with Crippen molar-refractivity contribution in [3.63, 3.8) is 0 Å². The maximum atomic E-state index is 12.1. The largest absolute Gasteiger partial charge is 0.444 e. The zero-order valence-corrected chi connectivity index (χ0v) is 14.8. The van der Waals surface area contributed by atoms with Crippen molar-refractivity contribution in [2.45, 2.75) is 78.9 Å². The van der Waals surface area contributed by atoms with Crippen molar-refractivity contribution in [2.75, 3.05) is 19.6 Å². The molecule has 1 amide bonds. The summed E-state index contributed by atoms with van der Waals surface area (Å²) < 4.78 is 5.45. The van der Waals surface area contributed by atoms with Gasteiger partial charge in [0.25, 0.3) is 0 Å². The van der Waals surface area contributed by atoms with Crippen LogP contribution in [-0.4, -0.2) is 42.3 Å². The van der Waals surface area contributed by atoms with Gasteiger partial charge >= 0.3 is 6.09 Å². The van der Waals surface area contributed by atoms with Crippen LogP contribution >= 0.6 is 0 Å². The van der Waals surface area contributed by atoms with E-state index in [1.54, 1.807) is 0 Å². The normalized spacial score (nSPS) is 18.9. The lowest BCUT2D eigenvalue weighted by molar-refractivity contribution is 0.0117. The fourth-order valence-electron chi connectivity index (χ4n) is 2.70. The minimum Gasteiger partial charge on any atom is -0.444 e. The zero-order chi connectivity index (χ0) is 16.1. The number of nitrogens with one attached hydrogen (secondary N) is 1. The molecule has 0 saturated carbocycles. The van der Waals surface area contributed by atoms with Crippen LogP contribution < -0.4 is 5.32 Å². The molecule has 1 rings (SSSR count). The van der Waals surface area contributed by atoms with Crippen molar-refractivity contribution in [2.24, 2.45) is 5.41 Å². The smallest absolute Gasteiger partial charge is 0.410 e. The van der Waals surface area contributed by atoms with Crippen molar-refractivity contribution < 1.29 is 9.53 Å². The van der Waals surface area contributed by atoms with E-state index >= 15 is 0 Å². The Bertz CT molecular complexity index is 324. The third-order valence-corrected chi connectivity index (χ3v) is 4.43. The number of hydrogen-bond acceptors (Lipinski definition) is 3. The first-order valence-electron chi connectivity index (χ1n) is 8.40. The molecule has 124 valence electrons. The van der Waals surface area contributed by atoms with E-state index in [1.807, 2.05) is 25.7 Å². The molecule has 0 radical (unpaired) electrons. The molecule has 0 unspecified atom stereocenters. The molecule has 0 bridgehead atoms. The Balaban J connectivity index is 2.41. The average molecular weight is 298 g/mol. The Morgan fingerprint density at radius 1 is 1.24 bits per heavy atom. The number of piperidine rings is 1. The summed E-state index contributed by atoms with van der Waals surface area (Å²) in [7, 11) is 0. The van der Waals surface area contributed by atoms with Gasteiger partial charge in [-0.05, 0) is 51.9 Å². The third kappa shape index (κ3) is 6.25. The van der Waals surface area contributed by atoms with E-state index in [4.69, 9.17) is 4.74 Å². The first-order valence-corrected chi connectivity index (χ1v) is 8.40. The Kier molecular flexibility index (Phi) is 6.51. The first kappa shape index (κ1) is 18.3. The van der Waals surface area contributed by atoms with Crippen LogP contribution in [0, 0.1) is 5.41 Å². The van der Waals surface area contributed by atoms with Crippen LogP contribution in [0.25, 0.3) is 0 Å². The summed E-state index contributed by atoms with van der Waals surface area (Å²) in [5.74, 6) is 0. The van der Waals surface area contributed by atoms with E-state index in [2.05, 4.69) is 26.1 Å². The molecule has 0 spiro atoms. The summed E-state index contributed by atoms with van der Waals surface area (Å²) in [4.78, 5) is 13.9. The third-order valence-electron chi connectivity index (χ3n) is 4.43. The zero-order valence-electron chi connectivity index (χ0n) is 14.8. The predicted molar refractivity (Wildman–Crippen MR) is 87.5 cm³/mol. The molecule has 1 aliphatic heterocycles. The molecule has 1 N–H and O–H groups in total. The maximum Gasteiger partial charge on any atom is 0.410 e. The molecule has 1 aliphatic rings. The van der Waals surface area contributed by atoms with Gasteiger partial charge < -0.3 is 15.0 Å². The Labute approximate surface area is 130 Å². The highest BCUT2D eigenvalue weighted by atomic mass is 16.6. The molecule has 21 heavy (non-hydrogen) atoms. The molecule has 0 aromatic heterocycles. The second kappa shape index (κ2) is 7.48.